The smallest absolute Gasteiger partial charge is 0.245 e. The predicted octanol–water partition coefficient (Wildman–Crippen LogP) is 5.63. The minimum Gasteiger partial charge on any atom is -0.344 e. The van der Waals surface area contributed by atoms with Gasteiger partial charge in [-0.25, -0.2) is 0 Å². The molecule has 0 bridgehead atoms. The molecule has 2 N–H and O–H groups in total. The number of nitrogens with one attached hydrogen (secondary N) is 2. The second kappa shape index (κ2) is 16.3. The highest BCUT2D eigenvalue weighted by atomic mass is 16.2. The van der Waals surface area contributed by atoms with Gasteiger partial charge in [0.2, 0.25) is 23.6 Å². The average molecular weight is 655 g/mol. The zero-order valence-corrected chi connectivity index (χ0v) is 28.0. The Morgan fingerprint density at radius 3 is 1.48 bits per heavy atom. The molecule has 258 valence electrons. The van der Waals surface area contributed by atoms with Crippen molar-refractivity contribution in [3.8, 4) is 0 Å². The second-order valence-electron chi connectivity index (χ2n) is 14.0. The highest BCUT2D eigenvalue weighted by Gasteiger charge is 2.36. The number of amides is 4. The van der Waals surface area contributed by atoms with Crippen LogP contribution in [-0.2, 0) is 32.0 Å². The quantitative estimate of drug-likeness (QED) is 0.307. The third-order valence-electron chi connectivity index (χ3n) is 10.6. The molecule has 2 aromatic carbocycles. The van der Waals surface area contributed by atoms with E-state index in [1.165, 1.54) is 0 Å². The Morgan fingerprint density at radius 1 is 0.646 bits per heavy atom. The van der Waals surface area contributed by atoms with E-state index in [1.807, 2.05) is 82.6 Å². The van der Waals surface area contributed by atoms with Crippen molar-refractivity contribution in [2.24, 2.45) is 11.8 Å². The molecule has 8 nitrogen and oxygen atoms in total. The maximum Gasteiger partial charge on any atom is 0.245 e. The van der Waals surface area contributed by atoms with Gasteiger partial charge >= 0.3 is 0 Å². The number of hydrogen-bond acceptors (Lipinski definition) is 4. The van der Waals surface area contributed by atoms with Crippen molar-refractivity contribution < 1.29 is 22.0 Å². The van der Waals surface area contributed by atoms with E-state index in [4.69, 9.17) is 0 Å². The third-order valence-corrected chi connectivity index (χ3v) is 10.6. The minimum absolute atomic E-state index is 0. The van der Waals surface area contributed by atoms with Crippen LogP contribution >= 0.6 is 0 Å². The fourth-order valence-electron chi connectivity index (χ4n) is 7.88. The van der Waals surface area contributed by atoms with Crippen LogP contribution in [0.25, 0.3) is 0 Å². The second-order valence-corrected chi connectivity index (χ2v) is 14.0. The minimum atomic E-state index is -0.591. The van der Waals surface area contributed by atoms with Gasteiger partial charge in [-0.3, -0.25) is 19.2 Å². The Kier molecular flexibility index (Phi) is 11.4. The Bertz CT molecular complexity index is 1380. The number of piperidine rings is 2. The molecule has 6 atom stereocenters. The van der Waals surface area contributed by atoms with Gasteiger partial charge in [-0.1, -0.05) is 85.0 Å². The van der Waals surface area contributed by atoms with Crippen molar-refractivity contribution in [3.05, 3.63) is 96.1 Å². The zero-order valence-electron chi connectivity index (χ0n) is 28.0. The Morgan fingerprint density at radius 2 is 1.06 bits per heavy atom. The van der Waals surface area contributed by atoms with Crippen molar-refractivity contribution >= 4 is 23.6 Å². The molecule has 2 fully saturated rings. The largest absolute Gasteiger partial charge is 0.344 e. The molecule has 2 aromatic rings. The lowest BCUT2D eigenvalue weighted by Gasteiger charge is -2.35. The van der Waals surface area contributed by atoms with Gasteiger partial charge in [0.1, 0.15) is 12.1 Å². The molecule has 0 saturated carbocycles. The van der Waals surface area contributed by atoms with Gasteiger partial charge in [0.25, 0.3) is 0 Å². The van der Waals surface area contributed by atoms with E-state index < -0.39 is 23.9 Å². The topological polar surface area (TPSA) is 98.8 Å². The number of rotatable bonds is 11. The molecule has 0 aliphatic carbocycles. The Balaban J connectivity index is 0.00000281. The molecule has 2 saturated heterocycles. The molecule has 0 radical (unpaired) electrons. The molecule has 4 aliphatic heterocycles. The lowest BCUT2D eigenvalue weighted by molar-refractivity contribution is -0.139. The van der Waals surface area contributed by atoms with E-state index in [0.29, 0.717) is 38.5 Å². The highest BCUT2D eigenvalue weighted by Crippen LogP contribution is 2.26. The summed E-state index contributed by atoms with van der Waals surface area (Å²) in [4.78, 5) is 59.1. The standard InChI is InChI=1S/C40H50N4O4.2H2/c45-37(41-35-21-11-19-33-17-7-9-25-43(33)39(35)47)31(27-29-13-3-1-4-14-29)23-24-32(28-30-15-5-2-6-16-30)38(46)42-36-22-12-20-34-18-8-10-26-44(34)40(36)48;;/h1-6,11-16,19-20,31-36H,7-10,17-18,21-28H2,(H,41,45)(H,42,46);2*1H/t31-,32-,33-,34-,35+,36+;;/m1../s1. The van der Waals surface area contributed by atoms with Gasteiger partial charge in [0.15, 0.2) is 0 Å². The van der Waals surface area contributed by atoms with E-state index in [-0.39, 0.29) is 38.6 Å². The van der Waals surface area contributed by atoms with E-state index in [1.54, 1.807) is 0 Å². The molecule has 0 unspecified atom stereocenters. The number of nitrogens with zero attached hydrogens (tertiary/aromatic N) is 2. The molecule has 4 amide bonds. The van der Waals surface area contributed by atoms with Crippen LogP contribution in [0.5, 0.6) is 0 Å². The van der Waals surface area contributed by atoms with Crippen LogP contribution in [0.2, 0.25) is 0 Å². The molecule has 4 heterocycles. The van der Waals surface area contributed by atoms with E-state index in [9.17, 15) is 19.2 Å². The fourth-order valence-corrected chi connectivity index (χ4v) is 7.88. The van der Waals surface area contributed by atoms with Gasteiger partial charge in [-0.05, 0) is 88.2 Å². The van der Waals surface area contributed by atoms with Crippen LogP contribution in [0.3, 0.4) is 0 Å². The van der Waals surface area contributed by atoms with Gasteiger partial charge in [0.05, 0.1) is 12.1 Å². The molecule has 0 spiro atoms. The van der Waals surface area contributed by atoms with Crippen molar-refractivity contribution in [3.63, 3.8) is 0 Å². The van der Waals surface area contributed by atoms with Gasteiger partial charge in [-0.2, -0.15) is 0 Å². The first-order valence-corrected chi connectivity index (χ1v) is 18.1. The average Bonchev–Trinajstić information content (AvgIpc) is 3.37. The summed E-state index contributed by atoms with van der Waals surface area (Å²) < 4.78 is 0. The summed E-state index contributed by atoms with van der Waals surface area (Å²) in [6.07, 6.45) is 17.4. The van der Waals surface area contributed by atoms with Crippen molar-refractivity contribution in [2.45, 2.75) is 101 Å². The molecule has 8 heteroatoms. The number of hydrogen-bond donors (Lipinski definition) is 2. The van der Waals surface area contributed by atoms with Gasteiger partial charge < -0.3 is 20.4 Å². The summed E-state index contributed by atoms with van der Waals surface area (Å²) in [7, 11) is 0. The molecule has 48 heavy (non-hydrogen) atoms. The number of carbonyl (C=O) groups is 4. The first kappa shape index (κ1) is 33.7. The first-order chi connectivity index (χ1) is 23.5. The highest BCUT2D eigenvalue weighted by molar-refractivity contribution is 5.90. The van der Waals surface area contributed by atoms with Crippen molar-refractivity contribution in [1.29, 1.82) is 0 Å². The summed E-state index contributed by atoms with van der Waals surface area (Å²) in [5.41, 5.74) is 2.08. The SMILES string of the molecule is O=C(N[C@H]1CC=C[C@H]2CCCCN2C1=O)[C@H](CC[C@H](Cc1ccccc1)C(=O)N[C@H]1CC=C[C@H]2CCCCN2C1=O)Cc1ccccc1.[HH].[HH]. The van der Waals surface area contributed by atoms with Gasteiger partial charge in [-0.15, -0.1) is 0 Å². The lowest BCUT2D eigenvalue weighted by atomic mass is 9.86. The molecule has 6 rings (SSSR count). The summed E-state index contributed by atoms with van der Waals surface area (Å²) in [6.45, 7) is 1.45. The van der Waals surface area contributed by atoms with Crippen molar-refractivity contribution in [2.75, 3.05) is 13.1 Å². The summed E-state index contributed by atoms with van der Waals surface area (Å²) >= 11 is 0. The summed E-state index contributed by atoms with van der Waals surface area (Å²) in [5.74, 6) is -1.16. The van der Waals surface area contributed by atoms with Crippen LogP contribution in [0.1, 0.15) is 78.2 Å². The monoisotopic (exact) mass is 654 g/mol. The molecular formula is C40H54N4O4. The number of fused-ring (bicyclic) bond motifs is 2. The van der Waals surface area contributed by atoms with Gasteiger partial charge in [0, 0.05) is 27.8 Å². The maximum absolute atomic E-state index is 14.0. The van der Waals surface area contributed by atoms with Crippen LogP contribution in [0, 0.1) is 11.8 Å². The number of carbonyl (C=O) groups excluding carboxylic acids is 4. The summed E-state index contributed by atoms with van der Waals surface area (Å²) in [5, 5.41) is 6.26. The first-order valence-electron chi connectivity index (χ1n) is 18.1. The summed E-state index contributed by atoms with van der Waals surface area (Å²) in [6, 6.07) is 18.9. The van der Waals surface area contributed by atoms with Crippen LogP contribution in [0.4, 0.5) is 0 Å². The zero-order chi connectivity index (χ0) is 33.3. The molecular weight excluding hydrogens is 600 g/mol. The fraction of sp³-hybridized carbons (Fsp3) is 0.500. The normalized spacial score (nSPS) is 25.2. The predicted molar refractivity (Wildman–Crippen MR) is 191 cm³/mol. The van der Waals surface area contributed by atoms with Crippen molar-refractivity contribution in [1.82, 2.24) is 20.4 Å². The number of benzene rings is 2. The molecule has 0 aromatic heterocycles. The molecule has 4 aliphatic rings. The maximum atomic E-state index is 14.0. The van der Waals surface area contributed by atoms with Crippen LogP contribution in [0.15, 0.2) is 85.0 Å². The van der Waals surface area contributed by atoms with E-state index in [0.717, 1.165) is 62.7 Å². The van der Waals surface area contributed by atoms with Crippen LogP contribution < -0.4 is 10.6 Å². The third kappa shape index (κ3) is 8.44. The van der Waals surface area contributed by atoms with E-state index in [2.05, 4.69) is 22.8 Å². The van der Waals surface area contributed by atoms with Crippen LogP contribution in [-0.4, -0.2) is 70.7 Å². The lowest BCUT2D eigenvalue weighted by Crippen LogP contribution is -2.53. The Labute approximate surface area is 288 Å². The Hall–Kier alpha value is -4.20. The van der Waals surface area contributed by atoms with E-state index >= 15 is 0 Å².